The summed E-state index contributed by atoms with van der Waals surface area (Å²) in [5, 5.41) is 6.57. The average Bonchev–Trinajstić information content (AvgIpc) is 2.31. The molecule has 0 fully saturated rings. The van der Waals surface area contributed by atoms with Crippen LogP contribution in [0.3, 0.4) is 0 Å². The smallest absolute Gasteiger partial charge is 0.166 e. The molecule has 1 rings (SSSR count). The monoisotopic (exact) mass is 224 g/mol. The second kappa shape index (κ2) is 6.37. The van der Waals surface area contributed by atoms with Gasteiger partial charge in [0.25, 0.3) is 0 Å². The number of ether oxygens (including phenoxy) is 1. The summed E-state index contributed by atoms with van der Waals surface area (Å²) in [5.41, 5.74) is 1.14. The van der Waals surface area contributed by atoms with Gasteiger partial charge in [0, 0.05) is 20.7 Å². The van der Waals surface area contributed by atoms with E-state index < -0.39 is 0 Å². The van der Waals surface area contributed by atoms with E-state index in [0.29, 0.717) is 11.7 Å². The molecule has 1 aromatic rings. The van der Waals surface area contributed by atoms with Gasteiger partial charge < -0.3 is 15.4 Å². The fourth-order valence-electron chi connectivity index (χ4n) is 1.28. The number of nitrogens with one attached hydrogen (secondary N) is 2. The van der Waals surface area contributed by atoms with Gasteiger partial charge in [-0.1, -0.05) is 30.3 Å². The first-order valence-corrected chi connectivity index (χ1v) is 5.22. The largest absolute Gasteiger partial charge is 0.375 e. The van der Waals surface area contributed by atoms with Gasteiger partial charge in [-0.15, -0.1) is 0 Å². The highest BCUT2D eigenvalue weighted by atomic mass is 32.1. The van der Waals surface area contributed by atoms with E-state index >= 15 is 0 Å². The van der Waals surface area contributed by atoms with Crippen LogP contribution in [0.15, 0.2) is 30.3 Å². The molecule has 0 aliphatic rings. The van der Waals surface area contributed by atoms with E-state index in [2.05, 4.69) is 10.6 Å². The lowest BCUT2D eigenvalue weighted by molar-refractivity contribution is 0.106. The van der Waals surface area contributed by atoms with E-state index in [9.17, 15) is 0 Å². The Labute approximate surface area is 95.8 Å². The summed E-state index contributed by atoms with van der Waals surface area (Å²) < 4.78 is 5.38. The van der Waals surface area contributed by atoms with Gasteiger partial charge in [0.1, 0.15) is 0 Å². The summed E-state index contributed by atoms with van der Waals surface area (Å²) in [6.07, 6.45) is 0.0255. The van der Waals surface area contributed by atoms with Gasteiger partial charge in [-0.3, -0.25) is 0 Å². The van der Waals surface area contributed by atoms with E-state index in [1.807, 2.05) is 30.3 Å². The topological polar surface area (TPSA) is 33.3 Å². The standard InChI is InChI=1S/C11H16N2OS/c1-12-11(15)13-8-10(14-2)9-6-4-3-5-7-9/h3-7,10H,8H2,1-2H3,(H2,12,13,15). The Kier molecular flexibility index (Phi) is 5.07. The normalized spacial score (nSPS) is 11.9. The second-order valence-corrected chi connectivity index (χ2v) is 3.50. The van der Waals surface area contributed by atoms with Crippen molar-refractivity contribution in [3.63, 3.8) is 0 Å². The number of hydrogen-bond donors (Lipinski definition) is 2. The third kappa shape index (κ3) is 3.85. The Hall–Kier alpha value is -1.13. The van der Waals surface area contributed by atoms with Crippen molar-refractivity contribution in [3.05, 3.63) is 35.9 Å². The first-order valence-electron chi connectivity index (χ1n) is 4.81. The van der Waals surface area contributed by atoms with Gasteiger partial charge in [-0.2, -0.15) is 0 Å². The summed E-state index contributed by atoms with van der Waals surface area (Å²) in [7, 11) is 3.49. The quantitative estimate of drug-likeness (QED) is 0.759. The zero-order valence-corrected chi connectivity index (χ0v) is 9.80. The number of thiocarbonyl (C=S) groups is 1. The van der Waals surface area contributed by atoms with Gasteiger partial charge >= 0.3 is 0 Å². The molecule has 2 N–H and O–H groups in total. The van der Waals surface area contributed by atoms with E-state index in [1.165, 1.54) is 0 Å². The molecule has 0 aromatic heterocycles. The molecule has 82 valence electrons. The molecule has 0 saturated heterocycles. The van der Waals surface area contributed by atoms with Gasteiger partial charge in [0.15, 0.2) is 5.11 Å². The fourth-order valence-corrected chi connectivity index (χ4v) is 1.36. The summed E-state index contributed by atoms with van der Waals surface area (Å²) in [6, 6.07) is 10.1. The highest BCUT2D eigenvalue weighted by molar-refractivity contribution is 7.80. The van der Waals surface area contributed by atoms with Crippen molar-refractivity contribution in [2.45, 2.75) is 6.10 Å². The summed E-state index contributed by atoms with van der Waals surface area (Å²) in [6.45, 7) is 0.667. The third-order valence-electron chi connectivity index (χ3n) is 2.13. The first kappa shape index (κ1) is 11.9. The van der Waals surface area contributed by atoms with Crippen LogP contribution in [0.4, 0.5) is 0 Å². The van der Waals surface area contributed by atoms with Crippen molar-refractivity contribution in [1.29, 1.82) is 0 Å². The lowest BCUT2D eigenvalue weighted by Gasteiger charge is -2.17. The molecule has 15 heavy (non-hydrogen) atoms. The average molecular weight is 224 g/mol. The van der Waals surface area contributed by atoms with Crippen LogP contribution in [0.5, 0.6) is 0 Å². The van der Waals surface area contributed by atoms with Crippen LogP contribution in [0.25, 0.3) is 0 Å². The maximum atomic E-state index is 5.38. The van der Waals surface area contributed by atoms with Crippen molar-refractivity contribution in [2.75, 3.05) is 20.7 Å². The Morgan fingerprint density at radius 2 is 2.07 bits per heavy atom. The van der Waals surface area contributed by atoms with Gasteiger partial charge in [0.2, 0.25) is 0 Å². The molecule has 1 atom stereocenters. The molecule has 4 heteroatoms. The minimum Gasteiger partial charge on any atom is -0.375 e. The molecule has 0 amide bonds. The van der Waals surface area contributed by atoms with E-state index in [1.54, 1.807) is 14.2 Å². The fraction of sp³-hybridized carbons (Fsp3) is 0.364. The Bertz CT molecular complexity index is 303. The van der Waals surface area contributed by atoms with Crippen molar-refractivity contribution in [3.8, 4) is 0 Å². The lowest BCUT2D eigenvalue weighted by Crippen LogP contribution is -2.35. The molecule has 0 aliphatic carbocycles. The van der Waals surface area contributed by atoms with Crippen LogP contribution < -0.4 is 10.6 Å². The first-order chi connectivity index (χ1) is 7.27. The Morgan fingerprint density at radius 3 is 2.60 bits per heavy atom. The van der Waals surface area contributed by atoms with Crippen LogP contribution >= 0.6 is 12.2 Å². The molecular weight excluding hydrogens is 208 g/mol. The summed E-state index contributed by atoms with van der Waals surface area (Å²) in [5.74, 6) is 0. The maximum absolute atomic E-state index is 5.38. The van der Waals surface area contributed by atoms with Crippen molar-refractivity contribution >= 4 is 17.3 Å². The molecule has 3 nitrogen and oxygen atoms in total. The zero-order chi connectivity index (χ0) is 11.1. The van der Waals surface area contributed by atoms with Gasteiger partial charge in [0.05, 0.1) is 6.10 Å². The number of benzene rings is 1. The molecule has 0 bridgehead atoms. The minimum atomic E-state index is 0.0255. The molecular formula is C11H16N2OS. The van der Waals surface area contributed by atoms with E-state index in [0.717, 1.165) is 5.56 Å². The van der Waals surface area contributed by atoms with Gasteiger partial charge in [-0.05, 0) is 17.8 Å². The van der Waals surface area contributed by atoms with Crippen LogP contribution in [0, 0.1) is 0 Å². The van der Waals surface area contributed by atoms with Crippen LogP contribution in [0.1, 0.15) is 11.7 Å². The Balaban J connectivity index is 2.53. The highest BCUT2D eigenvalue weighted by Gasteiger charge is 2.09. The van der Waals surface area contributed by atoms with Crippen LogP contribution in [-0.2, 0) is 4.74 Å². The van der Waals surface area contributed by atoms with E-state index in [-0.39, 0.29) is 6.10 Å². The minimum absolute atomic E-state index is 0.0255. The number of hydrogen-bond acceptors (Lipinski definition) is 2. The predicted octanol–water partition coefficient (Wildman–Crippen LogP) is 1.47. The number of rotatable bonds is 4. The molecule has 0 heterocycles. The zero-order valence-electron chi connectivity index (χ0n) is 8.99. The molecule has 1 unspecified atom stereocenters. The van der Waals surface area contributed by atoms with Crippen molar-refractivity contribution < 1.29 is 4.74 Å². The SMILES string of the molecule is CNC(=S)NCC(OC)c1ccccc1. The summed E-state index contributed by atoms with van der Waals surface area (Å²) in [4.78, 5) is 0. The lowest BCUT2D eigenvalue weighted by atomic mass is 10.1. The van der Waals surface area contributed by atoms with E-state index in [4.69, 9.17) is 17.0 Å². The molecule has 0 radical (unpaired) electrons. The maximum Gasteiger partial charge on any atom is 0.166 e. The van der Waals surface area contributed by atoms with Crippen LogP contribution in [-0.4, -0.2) is 25.8 Å². The van der Waals surface area contributed by atoms with Gasteiger partial charge in [-0.25, -0.2) is 0 Å². The number of methoxy groups -OCH3 is 1. The van der Waals surface area contributed by atoms with Crippen LogP contribution in [0.2, 0.25) is 0 Å². The summed E-state index contributed by atoms with van der Waals surface area (Å²) >= 11 is 4.99. The third-order valence-corrected chi connectivity index (χ3v) is 2.48. The second-order valence-electron chi connectivity index (χ2n) is 3.10. The van der Waals surface area contributed by atoms with Crippen molar-refractivity contribution in [1.82, 2.24) is 10.6 Å². The van der Waals surface area contributed by atoms with Crippen molar-refractivity contribution in [2.24, 2.45) is 0 Å². The molecule has 0 saturated carbocycles. The predicted molar refractivity (Wildman–Crippen MR) is 65.9 cm³/mol. The molecule has 0 aliphatic heterocycles. The highest BCUT2D eigenvalue weighted by Crippen LogP contribution is 2.14. The molecule has 1 aromatic carbocycles. The Morgan fingerprint density at radius 1 is 1.40 bits per heavy atom. The molecule has 0 spiro atoms.